The fraction of sp³-hybridized carbons (Fsp3) is 0.571. The quantitative estimate of drug-likeness (QED) is 0.226. The summed E-state index contributed by atoms with van der Waals surface area (Å²) in [5.74, 6) is -0.760. The van der Waals surface area contributed by atoms with Crippen LogP contribution in [0.15, 0.2) is 36.8 Å². The third-order valence-corrected chi connectivity index (χ3v) is 13.4. The molecule has 2 aliphatic rings. The maximum Gasteiger partial charge on any atom is 0.192 e. The van der Waals surface area contributed by atoms with Crippen molar-refractivity contribution < 1.29 is 18.6 Å². The summed E-state index contributed by atoms with van der Waals surface area (Å²) in [4.78, 5) is 8.60. The molecular weight excluding hydrogens is 541 g/mol. The first-order valence-corrected chi connectivity index (χ1v) is 16.7. The standard InChI is InChI=1S/C28H37Cl2N3O4Si/c1-26(2,3)38(7,8)34-15-18-13-19(29)10-9-17(18)14-21-28(6)22(36-27(4,5)37-28)25(35-21)33-12-11-20-23(30)31-16-32-24(20)33/h9-13,16,21-22,25H,14-15H2,1-8H3/t21-,22+,25-,28-/m1/s1. The molecule has 38 heavy (non-hydrogen) atoms. The lowest BCUT2D eigenvalue weighted by molar-refractivity contribution is -0.210. The molecule has 4 heterocycles. The van der Waals surface area contributed by atoms with Crippen molar-refractivity contribution in [1.29, 1.82) is 0 Å². The Kier molecular flexibility index (Phi) is 7.04. The highest BCUT2D eigenvalue weighted by atomic mass is 35.5. The number of aromatic nitrogens is 3. The second-order valence-corrected chi connectivity index (χ2v) is 18.1. The lowest BCUT2D eigenvalue weighted by atomic mass is 9.89. The third-order valence-electron chi connectivity index (χ3n) is 8.35. The Balaban J connectivity index is 1.47. The number of nitrogens with zero attached hydrogens (tertiary/aromatic N) is 3. The maximum atomic E-state index is 6.75. The highest BCUT2D eigenvalue weighted by Gasteiger charge is 2.64. The van der Waals surface area contributed by atoms with Gasteiger partial charge in [0.15, 0.2) is 20.3 Å². The predicted octanol–water partition coefficient (Wildman–Crippen LogP) is 7.31. The van der Waals surface area contributed by atoms with Crippen LogP contribution in [0.3, 0.4) is 0 Å². The van der Waals surface area contributed by atoms with Crippen LogP contribution in [0, 0.1) is 0 Å². The van der Waals surface area contributed by atoms with E-state index in [-0.39, 0.29) is 17.2 Å². The van der Waals surface area contributed by atoms with Crippen LogP contribution in [0.2, 0.25) is 28.3 Å². The van der Waals surface area contributed by atoms with Crippen LogP contribution >= 0.6 is 23.2 Å². The Bertz CT molecular complexity index is 1360. The second kappa shape index (κ2) is 9.54. The van der Waals surface area contributed by atoms with Gasteiger partial charge in [-0.1, -0.05) is 50.0 Å². The van der Waals surface area contributed by atoms with E-state index < -0.39 is 25.9 Å². The van der Waals surface area contributed by atoms with Gasteiger partial charge in [-0.15, -0.1) is 0 Å². The molecule has 2 saturated heterocycles. The molecule has 2 aromatic heterocycles. The van der Waals surface area contributed by atoms with Crippen LogP contribution in [0.4, 0.5) is 0 Å². The van der Waals surface area contributed by atoms with Crippen LogP contribution in [-0.4, -0.2) is 46.4 Å². The molecule has 5 rings (SSSR count). The molecule has 10 heteroatoms. The van der Waals surface area contributed by atoms with Crippen LogP contribution in [0.1, 0.15) is 58.9 Å². The average Bonchev–Trinajstić information content (AvgIpc) is 3.41. The van der Waals surface area contributed by atoms with Gasteiger partial charge in [-0.3, -0.25) is 0 Å². The Morgan fingerprint density at radius 2 is 1.82 bits per heavy atom. The number of hydrogen-bond acceptors (Lipinski definition) is 6. The summed E-state index contributed by atoms with van der Waals surface area (Å²) in [7, 11) is -1.95. The SMILES string of the molecule is CC1(C)O[C@H]2[C@H](n3ccc4c(Cl)ncnc43)O[C@H](Cc3ccc(Cl)cc3CO[Si](C)(C)C(C)(C)C)[C@@]2(C)O1. The molecule has 0 bridgehead atoms. The molecule has 0 unspecified atom stereocenters. The van der Waals surface area contributed by atoms with Gasteiger partial charge in [0.2, 0.25) is 0 Å². The summed E-state index contributed by atoms with van der Waals surface area (Å²) >= 11 is 12.8. The van der Waals surface area contributed by atoms with Gasteiger partial charge in [-0.25, -0.2) is 9.97 Å². The largest absolute Gasteiger partial charge is 0.413 e. The molecule has 1 aromatic carbocycles. The minimum Gasteiger partial charge on any atom is -0.413 e. The molecule has 0 radical (unpaired) electrons. The van der Waals surface area contributed by atoms with E-state index in [1.165, 1.54) is 6.33 Å². The van der Waals surface area contributed by atoms with Crippen molar-refractivity contribution >= 4 is 42.6 Å². The van der Waals surface area contributed by atoms with Crippen LogP contribution < -0.4 is 0 Å². The van der Waals surface area contributed by atoms with E-state index >= 15 is 0 Å². The zero-order valence-corrected chi connectivity index (χ0v) is 25.9. The molecular formula is C28H37Cl2N3O4Si. The summed E-state index contributed by atoms with van der Waals surface area (Å²) in [6.07, 6.45) is 2.91. The van der Waals surface area contributed by atoms with E-state index in [4.69, 9.17) is 41.8 Å². The Labute approximate surface area is 235 Å². The molecule has 4 atom stereocenters. The van der Waals surface area contributed by atoms with Gasteiger partial charge in [0, 0.05) is 17.6 Å². The summed E-state index contributed by atoms with van der Waals surface area (Å²) < 4.78 is 28.3. The van der Waals surface area contributed by atoms with Crippen molar-refractivity contribution in [2.45, 2.75) is 103 Å². The Hall–Kier alpha value is -1.52. The second-order valence-electron chi connectivity index (χ2n) is 12.5. The van der Waals surface area contributed by atoms with Crippen molar-refractivity contribution in [2.24, 2.45) is 0 Å². The van der Waals surface area contributed by atoms with Crippen LogP contribution in [-0.2, 0) is 31.7 Å². The number of fused-ring (bicyclic) bond motifs is 2. The topological polar surface area (TPSA) is 67.6 Å². The molecule has 3 aromatic rings. The van der Waals surface area contributed by atoms with E-state index in [1.54, 1.807) is 0 Å². The van der Waals surface area contributed by atoms with Crippen LogP contribution in [0.5, 0.6) is 0 Å². The molecule has 206 valence electrons. The van der Waals surface area contributed by atoms with Gasteiger partial charge >= 0.3 is 0 Å². The van der Waals surface area contributed by atoms with Crippen LogP contribution in [0.25, 0.3) is 11.0 Å². The predicted molar refractivity (Wildman–Crippen MR) is 152 cm³/mol. The summed E-state index contributed by atoms with van der Waals surface area (Å²) in [5.41, 5.74) is 2.19. The lowest BCUT2D eigenvalue weighted by Crippen LogP contribution is -2.44. The lowest BCUT2D eigenvalue weighted by Gasteiger charge is -2.36. The summed E-state index contributed by atoms with van der Waals surface area (Å²) in [6.45, 7) is 17.7. The highest BCUT2D eigenvalue weighted by Crippen LogP contribution is 2.51. The molecule has 0 saturated carbocycles. The molecule has 2 fully saturated rings. The first kappa shape index (κ1) is 28.0. The normalized spacial score (nSPS) is 27.3. The first-order valence-electron chi connectivity index (χ1n) is 13.0. The summed E-state index contributed by atoms with van der Waals surface area (Å²) in [5, 5.41) is 1.97. The molecule has 0 aliphatic carbocycles. The maximum absolute atomic E-state index is 6.75. The monoisotopic (exact) mass is 577 g/mol. The number of hydrogen-bond donors (Lipinski definition) is 0. The first-order chi connectivity index (χ1) is 17.6. The zero-order valence-electron chi connectivity index (χ0n) is 23.3. The molecule has 2 aliphatic heterocycles. The van der Waals surface area contributed by atoms with Crippen molar-refractivity contribution in [1.82, 2.24) is 14.5 Å². The third kappa shape index (κ3) is 4.94. The average molecular weight is 579 g/mol. The highest BCUT2D eigenvalue weighted by molar-refractivity contribution is 6.74. The van der Waals surface area contributed by atoms with Crippen molar-refractivity contribution in [3.63, 3.8) is 0 Å². The minimum atomic E-state index is -1.95. The van der Waals surface area contributed by atoms with Crippen molar-refractivity contribution in [3.8, 4) is 0 Å². The minimum absolute atomic E-state index is 0.112. The molecule has 0 N–H and O–H groups in total. The zero-order chi connectivity index (χ0) is 27.7. The number of rotatable bonds is 6. The van der Waals surface area contributed by atoms with Crippen molar-refractivity contribution in [2.75, 3.05) is 0 Å². The number of ether oxygens (including phenoxy) is 3. The van der Waals surface area contributed by atoms with E-state index in [0.717, 1.165) is 16.5 Å². The Morgan fingerprint density at radius 1 is 1.08 bits per heavy atom. The molecule has 0 amide bonds. The van der Waals surface area contributed by atoms with E-state index in [2.05, 4.69) is 56.8 Å². The Morgan fingerprint density at radius 3 is 2.53 bits per heavy atom. The fourth-order valence-electron chi connectivity index (χ4n) is 5.21. The number of halogens is 2. The van der Waals surface area contributed by atoms with Gasteiger partial charge in [0.25, 0.3) is 0 Å². The van der Waals surface area contributed by atoms with E-state index in [9.17, 15) is 0 Å². The van der Waals surface area contributed by atoms with Crippen molar-refractivity contribution in [3.05, 3.63) is 58.1 Å². The van der Waals surface area contributed by atoms with Gasteiger partial charge in [-0.2, -0.15) is 0 Å². The van der Waals surface area contributed by atoms with E-state index in [1.807, 2.05) is 42.8 Å². The number of benzene rings is 1. The smallest absolute Gasteiger partial charge is 0.192 e. The molecule has 7 nitrogen and oxygen atoms in total. The van der Waals surface area contributed by atoms with E-state index in [0.29, 0.717) is 28.9 Å². The van der Waals surface area contributed by atoms with Gasteiger partial charge in [0.1, 0.15) is 28.8 Å². The van der Waals surface area contributed by atoms with Gasteiger partial charge in [0.05, 0.1) is 18.1 Å². The fourth-order valence-corrected chi connectivity index (χ4v) is 6.54. The van der Waals surface area contributed by atoms with Gasteiger partial charge < -0.3 is 23.2 Å². The van der Waals surface area contributed by atoms with Gasteiger partial charge in [-0.05, 0) is 68.2 Å². The summed E-state index contributed by atoms with van der Waals surface area (Å²) in [6, 6.07) is 7.90. The molecule has 0 spiro atoms.